The minimum atomic E-state index is 0.174. The number of aromatic amines is 1. The standard InChI is InChI=1S/C12H16N4.C2H6/c1-12(2,3)10-6-4-5-9(7-10)8-11-13-15-16-14-11;1-2/h4-7H,8H2,1-3H3,(H,13,14,15,16);1-2H3. The highest BCUT2D eigenvalue weighted by atomic mass is 15.5. The summed E-state index contributed by atoms with van der Waals surface area (Å²) in [4.78, 5) is 0. The van der Waals surface area contributed by atoms with E-state index in [-0.39, 0.29) is 5.41 Å². The molecule has 0 spiro atoms. The van der Waals surface area contributed by atoms with Crippen LogP contribution in [0.15, 0.2) is 24.3 Å². The SMILES string of the molecule is CC.CC(C)(C)c1cccc(Cc2nn[nH]n2)c1. The van der Waals surface area contributed by atoms with E-state index in [1.54, 1.807) is 0 Å². The molecule has 0 saturated heterocycles. The quantitative estimate of drug-likeness (QED) is 0.885. The van der Waals surface area contributed by atoms with Gasteiger partial charge in [0.1, 0.15) is 0 Å². The van der Waals surface area contributed by atoms with Crippen LogP contribution in [0.2, 0.25) is 0 Å². The third kappa shape index (κ3) is 3.95. The average Bonchev–Trinajstić information content (AvgIpc) is 2.84. The smallest absolute Gasteiger partial charge is 0.177 e. The number of nitrogens with one attached hydrogen (secondary N) is 1. The van der Waals surface area contributed by atoms with Gasteiger partial charge in [-0.3, -0.25) is 0 Å². The zero-order valence-corrected chi connectivity index (χ0v) is 11.9. The Kier molecular flexibility index (Phi) is 5.01. The van der Waals surface area contributed by atoms with Crippen molar-refractivity contribution in [1.29, 1.82) is 0 Å². The van der Waals surface area contributed by atoms with Gasteiger partial charge in [0.25, 0.3) is 0 Å². The van der Waals surface area contributed by atoms with Crippen molar-refractivity contribution in [2.75, 3.05) is 0 Å². The van der Waals surface area contributed by atoms with Crippen LogP contribution in [0, 0.1) is 0 Å². The second-order valence-electron chi connectivity index (χ2n) is 4.96. The maximum absolute atomic E-state index is 3.96. The molecule has 0 fully saturated rings. The van der Waals surface area contributed by atoms with Crippen LogP contribution < -0.4 is 0 Å². The topological polar surface area (TPSA) is 54.5 Å². The molecule has 1 aromatic carbocycles. The van der Waals surface area contributed by atoms with Crippen molar-refractivity contribution in [1.82, 2.24) is 20.6 Å². The van der Waals surface area contributed by atoms with Crippen LogP contribution in [0.4, 0.5) is 0 Å². The maximum atomic E-state index is 3.96. The predicted octanol–water partition coefficient (Wildman–Crippen LogP) is 3.11. The average molecular weight is 246 g/mol. The highest BCUT2D eigenvalue weighted by Crippen LogP contribution is 2.23. The molecule has 18 heavy (non-hydrogen) atoms. The van der Waals surface area contributed by atoms with Crippen molar-refractivity contribution >= 4 is 0 Å². The van der Waals surface area contributed by atoms with Gasteiger partial charge in [0.2, 0.25) is 0 Å². The van der Waals surface area contributed by atoms with E-state index in [1.165, 1.54) is 11.1 Å². The summed E-state index contributed by atoms with van der Waals surface area (Å²) in [6.07, 6.45) is 0.723. The number of hydrogen-bond donors (Lipinski definition) is 1. The van der Waals surface area contributed by atoms with Gasteiger partial charge < -0.3 is 0 Å². The summed E-state index contributed by atoms with van der Waals surface area (Å²) >= 11 is 0. The summed E-state index contributed by atoms with van der Waals surface area (Å²) in [5.41, 5.74) is 2.72. The van der Waals surface area contributed by atoms with Gasteiger partial charge in [-0.1, -0.05) is 64.1 Å². The Morgan fingerprint density at radius 3 is 2.44 bits per heavy atom. The second-order valence-corrected chi connectivity index (χ2v) is 4.96. The van der Waals surface area contributed by atoms with E-state index < -0.39 is 0 Å². The monoisotopic (exact) mass is 246 g/mol. The van der Waals surface area contributed by atoms with E-state index >= 15 is 0 Å². The van der Waals surface area contributed by atoms with Gasteiger partial charge in [0.05, 0.1) is 0 Å². The molecular formula is C14H22N4. The minimum absolute atomic E-state index is 0.174. The first kappa shape index (κ1) is 14.4. The molecule has 0 radical (unpaired) electrons. The van der Waals surface area contributed by atoms with Crippen molar-refractivity contribution in [2.45, 2.75) is 46.5 Å². The molecule has 1 aromatic heterocycles. The first-order valence-corrected chi connectivity index (χ1v) is 6.37. The number of H-pyrrole nitrogens is 1. The van der Waals surface area contributed by atoms with Gasteiger partial charge in [-0.2, -0.15) is 5.21 Å². The van der Waals surface area contributed by atoms with Gasteiger partial charge in [-0.25, -0.2) is 0 Å². The van der Waals surface area contributed by atoms with E-state index in [4.69, 9.17) is 0 Å². The lowest BCUT2D eigenvalue weighted by atomic mass is 9.86. The van der Waals surface area contributed by atoms with Crippen LogP contribution in [-0.4, -0.2) is 20.6 Å². The number of rotatable bonds is 2. The fourth-order valence-corrected chi connectivity index (χ4v) is 1.59. The van der Waals surface area contributed by atoms with Crippen LogP contribution >= 0.6 is 0 Å². The van der Waals surface area contributed by atoms with Crippen LogP contribution in [0.5, 0.6) is 0 Å². The van der Waals surface area contributed by atoms with Gasteiger partial charge in [-0.15, -0.1) is 10.2 Å². The fourth-order valence-electron chi connectivity index (χ4n) is 1.59. The molecule has 0 unspecified atom stereocenters. The van der Waals surface area contributed by atoms with Crippen LogP contribution in [0.25, 0.3) is 0 Å². The first-order valence-electron chi connectivity index (χ1n) is 6.37. The Morgan fingerprint density at radius 2 is 1.89 bits per heavy atom. The van der Waals surface area contributed by atoms with E-state index in [2.05, 4.69) is 65.7 Å². The Balaban J connectivity index is 0.000000771. The molecule has 4 heteroatoms. The molecule has 0 amide bonds. The molecule has 98 valence electrons. The Bertz CT molecular complexity index is 455. The third-order valence-electron chi connectivity index (χ3n) is 2.54. The lowest BCUT2D eigenvalue weighted by molar-refractivity contribution is 0.589. The molecule has 2 rings (SSSR count). The largest absolute Gasteiger partial charge is 0.178 e. The van der Waals surface area contributed by atoms with E-state index in [1.807, 2.05) is 13.8 Å². The van der Waals surface area contributed by atoms with Crippen LogP contribution in [-0.2, 0) is 11.8 Å². The van der Waals surface area contributed by atoms with Crippen molar-refractivity contribution in [3.05, 3.63) is 41.2 Å². The van der Waals surface area contributed by atoms with Crippen LogP contribution in [0.3, 0.4) is 0 Å². The first-order chi connectivity index (χ1) is 8.55. The number of aromatic nitrogens is 4. The number of tetrazole rings is 1. The Hall–Kier alpha value is -1.71. The zero-order chi connectivity index (χ0) is 13.6. The zero-order valence-electron chi connectivity index (χ0n) is 11.9. The molecule has 0 aliphatic carbocycles. The summed E-state index contributed by atoms with van der Waals surface area (Å²) < 4.78 is 0. The maximum Gasteiger partial charge on any atom is 0.178 e. The normalized spacial score (nSPS) is 10.7. The lowest BCUT2D eigenvalue weighted by Gasteiger charge is -2.19. The molecule has 0 saturated carbocycles. The lowest BCUT2D eigenvalue weighted by Crippen LogP contribution is -2.11. The van der Waals surface area contributed by atoms with Crippen LogP contribution in [0.1, 0.15) is 51.6 Å². The fraction of sp³-hybridized carbons (Fsp3) is 0.500. The molecule has 0 aliphatic rings. The van der Waals surface area contributed by atoms with E-state index in [0.717, 1.165) is 12.2 Å². The minimum Gasteiger partial charge on any atom is -0.177 e. The Labute approximate surface area is 109 Å². The number of hydrogen-bond acceptors (Lipinski definition) is 3. The summed E-state index contributed by atoms with van der Waals surface area (Å²) in [7, 11) is 0. The summed E-state index contributed by atoms with van der Waals surface area (Å²) in [5.74, 6) is 0.728. The molecule has 0 bridgehead atoms. The molecule has 4 nitrogen and oxygen atoms in total. The molecule has 2 aromatic rings. The molecule has 0 atom stereocenters. The third-order valence-corrected chi connectivity index (χ3v) is 2.54. The van der Waals surface area contributed by atoms with Crippen molar-refractivity contribution < 1.29 is 0 Å². The van der Waals surface area contributed by atoms with Gasteiger partial charge >= 0.3 is 0 Å². The van der Waals surface area contributed by atoms with E-state index in [9.17, 15) is 0 Å². The molecular weight excluding hydrogens is 224 g/mol. The molecule has 1 heterocycles. The summed E-state index contributed by atoms with van der Waals surface area (Å²) in [5, 5.41) is 13.9. The predicted molar refractivity (Wildman–Crippen MR) is 73.5 cm³/mol. The van der Waals surface area contributed by atoms with Gasteiger partial charge in [0.15, 0.2) is 5.82 Å². The number of nitrogens with zero attached hydrogens (tertiary/aromatic N) is 3. The molecule has 0 aliphatic heterocycles. The van der Waals surface area contributed by atoms with Crippen molar-refractivity contribution in [3.8, 4) is 0 Å². The highest BCUT2D eigenvalue weighted by Gasteiger charge is 2.13. The summed E-state index contributed by atoms with van der Waals surface area (Å²) in [6, 6.07) is 8.53. The number of benzene rings is 1. The van der Waals surface area contributed by atoms with E-state index in [0.29, 0.717) is 0 Å². The van der Waals surface area contributed by atoms with Crippen molar-refractivity contribution in [2.24, 2.45) is 0 Å². The highest BCUT2D eigenvalue weighted by molar-refractivity contribution is 5.29. The summed E-state index contributed by atoms with van der Waals surface area (Å²) in [6.45, 7) is 10.6. The van der Waals surface area contributed by atoms with Crippen molar-refractivity contribution in [3.63, 3.8) is 0 Å². The molecule has 1 N–H and O–H groups in total. The second kappa shape index (κ2) is 6.28. The van der Waals surface area contributed by atoms with Gasteiger partial charge in [0, 0.05) is 6.42 Å². The van der Waals surface area contributed by atoms with Gasteiger partial charge in [-0.05, 0) is 16.5 Å². The Morgan fingerprint density at radius 1 is 1.17 bits per heavy atom.